The van der Waals surface area contributed by atoms with Crippen LogP contribution in [0.5, 0.6) is 17.2 Å². The average Bonchev–Trinajstić information content (AvgIpc) is 3.17. The van der Waals surface area contributed by atoms with Crippen molar-refractivity contribution in [2.75, 3.05) is 13.7 Å². The third-order valence-electron chi connectivity index (χ3n) is 8.69. The molecule has 0 radical (unpaired) electrons. The minimum Gasteiger partial charge on any atom is -0.493 e. The second-order valence-corrected chi connectivity index (χ2v) is 12.8. The molecule has 0 amide bonds. The summed E-state index contributed by atoms with van der Waals surface area (Å²) in [5.41, 5.74) is 3.36. The number of rotatable bonds is 19. The van der Waals surface area contributed by atoms with Crippen molar-refractivity contribution in [2.24, 2.45) is 0 Å². The Bertz CT molecular complexity index is 1990. The lowest BCUT2D eigenvalue weighted by molar-refractivity contribution is -0.132. The maximum Gasteiger partial charge on any atom is 0.308 e. The zero-order valence-electron chi connectivity index (χ0n) is 30.3. The van der Waals surface area contributed by atoms with E-state index in [4.69, 9.17) is 23.4 Å². The second-order valence-electron chi connectivity index (χ2n) is 12.8. The number of hydrogen-bond donors (Lipinski definition) is 0. The van der Waals surface area contributed by atoms with Gasteiger partial charge in [0.15, 0.2) is 17.3 Å². The molecular formula is C45H48O7. The van der Waals surface area contributed by atoms with E-state index in [1.54, 1.807) is 30.3 Å². The Balaban J connectivity index is 1.10. The van der Waals surface area contributed by atoms with Gasteiger partial charge in [0, 0.05) is 31.1 Å². The number of carbonyl (C=O) groups excluding carboxylic acids is 1. The third-order valence-corrected chi connectivity index (χ3v) is 8.69. The van der Waals surface area contributed by atoms with Crippen LogP contribution in [0.25, 0.3) is 22.3 Å². The highest BCUT2D eigenvalue weighted by Gasteiger charge is 2.21. The van der Waals surface area contributed by atoms with Gasteiger partial charge in [0.05, 0.1) is 19.1 Å². The summed E-state index contributed by atoms with van der Waals surface area (Å²) in [4.78, 5) is 25.8. The Morgan fingerprint density at radius 3 is 2.04 bits per heavy atom. The Kier molecular flexibility index (Phi) is 15.0. The summed E-state index contributed by atoms with van der Waals surface area (Å²) < 4.78 is 29.0. The van der Waals surface area contributed by atoms with Gasteiger partial charge in [-0.2, -0.15) is 0 Å². The smallest absolute Gasteiger partial charge is 0.308 e. The van der Waals surface area contributed by atoms with E-state index >= 15 is 0 Å². The van der Waals surface area contributed by atoms with E-state index in [0.717, 1.165) is 37.9 Å². The van der Waals surface area contributed by atoms with Crippen molar-refractivity contribution in [3.05, 3.63) is 124 Å². The van der Waals surface area contributed by atoms with Gasteiger partial charge in [-0.3, -0.25) is 9.59 Å². The van der Waals surface area contributed by atoms with E-state index in [1.165, 1.54) is 58.1 Å². The topological polar surface area (TPSA) is 84.2 Å². The van der Waals surface area contributed by atoms with Crippen LogP contribution in [0, 0.1) is 11.8 Å². The lowest BCUT2D eigenvalue weighted by Gasteiger charge is -2.14. The lowest BCUT2D eigenvalue weighted by atomic mass is 10.1. The molecule has 0 atom stereocenters. The molecule has 0 spiro atoms. The minimum atomic E-state index is -0.626. The van der Waals surface area contributed by atoms with Gasteiger partial charge in [0.25, 0.3) is 0 Å². The molecule has 0 bridgehead atoms. The van der Waals surface area contributed by atoms with Crippen LogP contribution in [0.3, 0.4) is 0 Å². The number of hydrogen-bond acceptors (Lipinski definition) is 7. The van der Waals surface area contributed by atoms with Gasteiger partial charge in [-0.1, -0.05) is 117 Å². The van der Waals surface area contributed by atoms with Crippen LogP contribution in [0.1, 0.15) is 87.8 Å². The number of methoxy groups -OCH3 is 1. The van der Waals surface area contributed by atoms with E-state index < -0.39 is 11.4 Å². The molecule has 0 unspecified atom stereocenters. The van der Waals surface area contributed by atoms with Gasteiger partial charge < -0.3 is 23.4 Å². The van der Waals surface area contributed by atoms with Gasteiger partial charge in [-0.05, 0) is 60.4 Å². The number of unbranched alkanes of at least 4 members (excludes halogenated alkanes) is 9. The van der Waals surface area contributed by atoms with Crippen molar-refractivity contribution in [3.63, 3.8) is 0 Å². The molecule has 270 valence electrons. The van der Waals surface area contributed by atoms with Crippen LogP contribution in [-0.2, 0) is 22.7 Å². The molecule has 0 saturated carbocycles. The molecule has 52 heavy (non-hydrogen) atoms. The summed E-state index contributed by atoms with van der Waals surface area (Å²) in [6.45, 7) is 3.14. The first-order valence-corrected chi connectivity index (χ1v) is 18.3. The Hall–Kier alpha value is -5.32. The van der Waals surface area contributed by atoms with Crippen LogP contribution in [-0.4, -0.2) is 19.7 Å². The van der Waals surface area contributed by atoms with E-state index in [2.05, 4.69) is 24.0 Å². The van der Waals surface area contributed by atoms with Crippen molar-refractivity contribution in [1.82, 2.24) is 0 Å². The quantitative estimate of drug-likeness (QED) is 0.0482. The summed E-state index contributed by atoms with van der Waals surface area (Å²) in [6.07, 6.45) is 11.6. The highest BCUT2D eigenvalue weighted by molar-refractivity contribution is 5.85. The molecule has 7 nitrogen and oxygen atoms in total. The molecule has 4 aromatic carbocycles. The molecular weight excluding hydrogens is 652 g/mol. The second kappa shape index (κ2) is 20.5. The van der Waals surface area contributed by atoms with E-state index in [9.17, 15) is 9.59 Å². The maximum atomic E-state index is 13.7. The Morgan fingerprint density at radius 2 is 1.37 bits per heavy atom. The average molecular weight is 701 g/mol. The van der Waals surface area contributed by atoms with Crippen LogP contribution >= 0.6 is 0 Å². The highest BCUT2D eigenvalue weighted by Crippen LogP contribution is 2.37. The summed E-state index contributed by atoms with van der Waals surface area (Å²) >= 11 is 0. The van der Waals surface area contributed by atoms with Crippen LogP contribution < -0.4 is 19.6 Å². The number of esters is 1. The van der Waals surface area contributed by atoms with Gasteiger partial charge >= 0.3 is 5.97 Å². The number of fused-ring (bicyclic) bond motifs is 1. The van der Waals surface area contributed by atoms with Crippen molar-refractivity contribution in [3.8, 4) is 40.4 Å². The fourth-order valence-electron chi connectivity index (χ4n) is 5.93. The fourth-order valence-corrected chi connectivity index (χ4v) is 5.93. The van der Waals surface area contributed by atoms with E-state index in [0.29, 0.717) is 46.8 Å². The lowest BCUT2D eigenvalue weighted by Crippen LogP contribution is -2.13. The van der Waals surface area contributed by atoms with E-state index in [1.807, 2.05) is 54.6 Å². The Morgan fingerprint density at radius 1 is 0.712 bits per heavy atom. The van der Waals surface area contributed by atoms with Gasteiger partial charge in [-0.15, -0.1) is 0 Å². The van der Waals surface area contributed by atoms with Crippen LogP contribution in [0.15, 0.2) is 106 Å². The van der Waals surface area contributed by atoms with Crippen molar-refractivity contribution in [1.29, 1.82) is 0 Å². The fraction of sp³-hybridized carbons (Fsp3) is 0.333. The monoisotopic (exact) mass is 700 g/mol. The number of benzene rings is 4. The predicted octanol–water partition coefficient (Wildman–Crippen LogP) is 10.4. The zero-order valence-corrected chi connectivity index (χ0v) is 30.3. The van der Waals surface area contributed by atoms with Crippen molar-refractivity contribution < 1.29 is 28.2 Å². The first-order chi connectivity index (χ1) is 25.5. The largest absolute Gasteiger partial charge is 0.493 e. The molecule has 0 aliphatic carbocycles. The molecule has 5 rings (SSSR count). The van der Waals surface area contributed by atoms with E-state index in [-0.39, 0.29) is 11.5 Å². The van der Waals surface area contributed by atoms with Crippen LogP contribution in [0.4, 0.5) is 0 Å². The molecule has 1 heterocycles. The molecule has 7 heteroatoms. The standard InChI is InChI=1S/C45H48O7/c1-34(46)51-45-43(47)39-30-35(20-14-10-8-6-4-3-5-7-9-11-19-29-49-32-36-21-15-12-16-22-36)25-27-40(39)52-44(45)38-26-28-41(42(31-38)48-2)50-33-37-23-17-13-18-24-37/h12-13,15-18,21-28,30-31H,3-11,19,29,32-33H2,1-2H3. The summed E-state index contributed by atoms with van der Waals surface area (Å²) in [6, 6.07) is 30.6. The summed E-state index contributed by atoms with van der Waals surface area (Å²) in [7, 11) is 1.54. The first-order valence-electron chi connectivity index (χ1n) is 18.3. The number of ether oxygens (including phenoxy) is 4. The Labute approximate surface area is 306 Å². The normalized spacial score (nSPS) is 10.8. The van der Waals surface area contributed by atoms with Crippen LogP contribution in [0.2, 0.25) is 0 Å². The van der Waals surface area contributed by atoms with Crippen molar-refractivity contribution >= 4 is 16.9 Å². The van der Waals surface area contributed by atoms with Gasteiger partial charge in [-0.25, -0.2) is 0 Å². The molecule has 0 saturated heterocycles. The molecule has 0 aliphatic rings. The van der Waals surface area contributed by atoms with Gasteiger partial charge in [0.1, 0.15) is 12.2 Å². The minimum absolute atomic E-state index is 0.128. The molecule has 0 fully saturated rings. The highest BCUT2D eigenvalue weighted by atomic mass is 16.5. The van der Waals surface area contributed by atoms with Gasteiger partial charge in [0.2, 0.25) is 11.2 Å². The summed E-state index contributed by atoms with van der Waals surface area (Å²) in [5, 5.41) is 0.293. The molecule has 5 aromatic rings. The maximum absolute atomic E-state index is 13.7. The third kappa shape index (κ3) is 11.6. The van der Waals surface area contributed by atoms with Crippen molar-refractivity contribution in [2.45, 2.75) is 84.3 Å². The SMILES string of the molecule is COc1cc(-c2oc3ccc(C#CCCCCCCCCCCCOCc4ccccc4)cc3c(=O)c2OC(C)=O)ccc1OCc1ccccc1. The predicted molar refractivity (Wildman–Crippen MR) is 206 cm³/mol. The summed E-state index contributed by atoms with van der Waals surface area (Å²) in [5.74, 6) is 6.73. The first kappa shape index (κ1) is 37.9. The molecule has 1 aromatic heterocycles. The zero-order chi connectivity index (χ0) is 36.4. The number of carbonyl (C=O) groups is 1. The molecule has 0 N–H and O–H groups in total. The molecule has 0 aliphatic heterocycles.